The maximum atomic E-state index is 12.5. The van der Waals surface area contributed by atoms with Gasteiger partial charge in [0.1, 0.15) is 5.92 Å². The molecule has 24 heavy (non-hydrogen) atoms. The minimum atomic E-state index is -0.580. The summed E-state index contributed by atoms with van der Waals surface area (Å²) in [6, 6.07) is 6.44. The number of thiocarbonyl (C=S) groups is 1. The average molecular weight is 348 g/mol. The van der Waals surface area contributed by atoms with Gasteiger partial charge in [0.25, 0.3) is 0 Å². The lowest BCUT2D eigenvalue weighted by atomic mass is 9.88. The van der Waals surface area contributed by atoms with Gasteiger partial charge in [0.05, 0.1) is 24.8 Å². The zero-order valence-electron chi connectivity index (χ0n) is 14.0. The second-order valence-electron chi connectivity index (χ2n) is 5.76. The molecule has 0 aromatic heterocycles. The molecule has 1 N–H and O–H groups in total. The molecule has 1 aliphatic heterocycles. The van der Waals surface area contributed by atoms with E-state index in [2.05, 4.69) is 10.3 Å². The number of hydrogen-bond donors (Lipinski definition) is 1. The Bertz CT molecular complexity index is 682. The van der Waals surface area contributed by atoms with Crippen LogP contribution >= 0.6 is 12.2 Å². The van der Waals surface area contributed by atoms with Crippen LogP contribution in [0.3, 0.4) is 0 Å². The topological polar surface area (TPSA) is 77.0 Å². The molecule has 1 aromatic carbocycles. The quantitative estimate of drug-likeness (QED) is 0.665. The Balaban J connectivity index is 2.34. The monoisotopic (exact) mass is 348 g/mol. The van der Waals surface area contributed by atoms with Crippen molar-refractivity contribution >= 4 is 35.0 Å². The highest BCUT2D eigenvalue weighted by Gasteiger charge is 2.37. The zero-order chi connectivity index (χ0) is 17.9. The summed E-state index contributed by atoms with van der Waals surface area (Å²) in [7, 11) is 1.33. The molecule has 2 atom stereocenters. The highest BCUT2D eigenvalue weighted by molar-refractivity contribution is 7.80. The molecule has 0 fully saturated rings. The number of esters is 2. The summed E-state index contributed by atoms with van der Waals surface area (Å²) in [4.78, 5) is 28.2. The average Bonchev–Trinajstić information content (AvgIpc) is 2.52. The molecule has 7 heteroatoms. The van der Waals surface area contributed by atoms with E-state index in [1.54, 1.807) is 45.0 Å². The van der Waals surface area contributed by atoms with Crippen LogP contribution in [0.15, 0.2) is 29.3 Å². The number of hydrogen-bond acceptors (Lipinski definition) is 5. The minimum Gasteiger partial charge on any atom is -0.465 e. The molecule has 2 unspecified atom stereocenters. The van der Waals surface area contributed by atoms with Crippen molar-refractivity contribution in [2.75, 3.05) is 7.11 Å². The van der Waals surface area contributed by atoms with Crippen molar-refractivity contribution in [3.05, 3.63) is 35.4 Å². The van der Waals surface area contributed by atoms with Gasteiger partial charge < -0.3 is 14.8 Å². The number of nitrogens with zero attached hydrogens (tertiary/aromatic N) is 1. The molecular formula is C17H20N2O4S. The van der Waals surface area contributed by atoms with Crippen molar-refractivity contribution in [2.24, 2.45) is 10.9 Å². The van der Waals surface area contributed by atoms with Crippen LogP contribution in [0, 0.1) is 5.92 Å². The van der Waals surface area contributed by atoms with Gasteiger partial charge >= 0.3 is 11.9 Å². The number of benzene rings is 1. The molecule has 0 saturated carbocycles. The van der Waals surface area contributed by atoms with E-state index in [9.17, 15) is 9.59 Å². The Morgan fingerprint density at radius 3 is 2.42 bits per heavy atom. The number of methoxy groups -OCH3 is 1. The maximum Gasteiger partial charge on any atom is 0.337 e. The van der Waals surface area contributed by atoms with Crippen molar-refractivity contribution in [2.45, 2.75) is 32.9 Å². The SMILES string of the molecule is COC(=O)c1ccc(C2NC(=S)N=C(C)C2C(=O)OC(C)C)cc1. The lowest BCUT2D eigenvalue weighted by Crippen LogP contribution is -2.44. The molecular weight excluding hydrogens is 328 g/mol. The third kappa shape index (κ3) is 3.97. The summed E-state index contributed by atoms with van der Waals surface area (Å²) in [6.45, 7) is 5.35. The van der Waals surface area contributed by atoms with Gasteiger partial charge in [-0.1, -0.05) is 12.1 Å². The number of ether oxygens (including phenoxy) is 2. The smallest absolute Gasteiger partial charge is 0.337 e. The van der Waals surface area contributed by atoms with Crippen LogP contribution in [0.25, 0.3) is 0 Å². The van der Waals surface area contributed by atoms with E-state index in [0.29, 0.717) is 16.4 Å². The third-order valence-corrected chi connectivity index (χ3v) is 3.85. The number of carbonyl (C=O) groups excluding carboxylic acids is 2. The van der Waals surface area contributed by atoms with Crippen LogP contribution in [-0.2, 0) is 14.3 Å². The first-order valence-electron chi connectivity index (χ1n) is 7.58. The molecule has 1 aliphatic rings. The van der Waals surface area contributed by atoms with Crippen LogP contribution in [0.2, 0.25) is 0 Å². The Morgan fingerprint density at radius 2 is 1.88 bits per heavy atom. The minimum absolute atomic E-state index is 0.221. The van der Waals surface area contributed by atoms with E-state index < -0.39 is 17.9 Å². The summed E-state index contributed by atoms with van der Waals surface area (Å²) < 4.78 is 10.0. The van der Waals surface area contributed by atoms with Crippen molar-refractivity contribution in [1.82, 2.24) is 5.32 Å². The van der Waals surface area contributed by atoms with Crippen molar-refractivity contribution < 1.29 is 19.1 Å². The molecule has 6 nitrogen and oxygen atoms in total. The fourth-order valence-electron chi connectivity index (χ4n) is 2.55. The number of rotatable bonds is 4. The van der Waals surface area contributed by atoms with E-state index in [4.69, 9.17) is 21.7 Å². The number of carbonyl (C=O) groups is 2. The molecule has 1 heterocycles. The predicted molar refractivity (Wildman–Crippen MR) is 94.1 cm³/mol. The van der Waals surface area contributed by atoms with Crippen molar-refractivity contribution in [3.63, 3.8) is 0 Å². The highest BCUT2D eigenvalue weighted by atomic mass is 32.1. The van der Waals surface area contributed by atoms with E-state index in [1.165, 1.54) is 7.11 Å². The number of nitrogens with one attached hydrogen (secondary N) is 1. The largest absolute Gasteiger partial charge is 0.465 e. The van der Waals surface area contributed by atoms with Crippen LogP contribution in [-0.4, -0.2) is 36.0 Å². The molecule has 128 valence electrons. The van der Waals surface area contributed by atoms with Crippen LogP contribution in [0.5, 0.6) is 0 Å². The molecule has 1 aromatic rings. The second-order valence-corrected chi connectivity index (χ2v) is 6.14. The van der Waals surface area contributed by atoms with Gasteiger partial charge in [-0.15, -0.1) is 0 Å². The molecule has 0 spiro atoms. The maximum absolute atomic E-state index is 12.5. The normalized spacial score (nSPS) is 20.2. The first kappa shape index (κ1) is 18.1. The number of aliphatic imine (C=N–C) groups is 1. The fraction of sp³-hybridized carbons (Fsp3) is 0.412. The van der Waals surface area contributed by atoms with Crippen LogP contribution in [0.4, 0.5) is 0 Å². The predicted octanol–water partition coefficient (Wildman–Crippen LogP) is 2.43. The molecule has 0 bridgehead atoms. The molecule has 0 aliphatic carbocycles. The van der Waals surface area contributed by atoms with Crippen molar-refractivity contribution in [1.29, 1.82) is 0 Å². The van der Waals surface area contributed by atoms with Gasteiger partial charge in [0.15, 0.2) is 5.11 Å². The third-order valence-electron chi connectivity index (χ3n) is 3.64. The molecule has 0 saturated heterocycles. The lowest BCUT2D eigenvalue weighted by Gasteiger charge is -2.31. The summed E-state index contributed by atoms with van der Waals surface area (Å²) in [6.07, 6.45) is -0.221. The Hall–Kier alpha value is -2.28. The van der Waals surface area contributed by atoms with Gasteiger partial charge in [-0.2, -0.15) is 0 Å². The summed E-state index contributed by atoms with van der Waals surface area (Å²) in [5, 5.41) is 3.38. The van der Waals surface area contributed by atoms with E-state index in [0.717, 1.165) is 5.56 Å². The van der Waals surface area contributed by atoms with Gasteiger partial charge in [-0.3, -0.25) is 4.79 Å². The second kappa shape index (κ2) is 7.53. The van der Waals surface area contributed by atoms with Gasteiger partial charge in [0, 0.05) is 5.71 Å². The Labute approximate surface area is 146 Å². The highest BCUT2D eigenvalue weighted by Crippen LogP contribution is 2.28. The van der Waals surface area contributed by atoms with Crippen LogP contribution < -0.4 is 5.32 Å². The summed E-state index contributed by atoms with van der Waals surface area (Å²) in [5.41, 5.74) is 1.85. The first-order valence-corrected chi connectivity index (χ1v) is 7.98. The molecule has 0 radical (unpaired) electrons. The molecule has 2 rings (SSSR count). The van der Waals surface area contributed by atoms with E-state index >= 15 is 0 Å². The lowest BCUT2D eigenvalue weighted by molar-refractivity contribution is -0.150. The standard InChI is InChI=1S/C17H20N2O4S/c1-9(2)23-16(21)13-10(3)18-17(24)19-14(13)11-5-7-12(8-6-11)15(20)22-4/h5-9,13-14H,1-4H3,(H,19,24). The van der Waals surface area contributed by atoms with Gasteiger partial charge in [-0.05, 0) is 50.7 Å². The first-order chi connectivity index (χ1) is 11.3. The molecule has 0 amide bonds. The van der Waals surface area contributed by atoms with E-state index in [-0.39, 0.29) is 12.1 Å². The Morgan fingerprint density at radius 1 is 1.25 bits per heavy atom. The Kier molecular flexibility index (Phi) is 5.66. The summed E-state index contributed by atoms with van der Waals surface area (Å²) in [5.74, 6) is -1.35. The van der Waals surface area contributed by atoms with Gasteiger partial charge in [0.2, 0.25) is 0 Å². The zero-order valence-corrected chi connectivity index (χ0v) is 14.8. The van der Waals surface area contributed by atoms with Crippen LogP contribution in [0.1, 0.15) is 42.7 Å². The van der Waals surface area contributed by atoms with Crippen molar-refractivity contribution in [3.8, 4) is 0 Å². The van der Waals surface area contributed by atoms with Gasteiger partial charge in [-0.25, -0.2) is 9.79 Å². The fourth-order valence-corrected chi connectivity index (χ4v) is 2.82. The van der Waals surface area contributed by atoms with E-state index in [1.807, 2.05) is 0 Å². The summed E-state index contributed by atoms with van der Waals surface area (Å²) >= 11 is 5.15.